The normalized spacial score (nSPS) is 10.2. The zero-order valence-corrected chi connectivity index (χ0v) is 7.24. The molecular weight excluding hydrogens is 156 g/mol. The van der Waals surface area contributed by atoms with Crippen molar-refractivity contribution in [3.05, 3.63) is 27.9 Å². The van der Waals surface area contributed by atoms with Gasteiger partial charge < -0.3 is 5.21 Å². The molecule has 12 heavy (non-hydrogen) atoms. The van der Waals surface area contributed by atoms with Gasteiger partial charge in [0.05, 0.1) is 5.69 Å². The summed E-state index contributed by atoms with van der Waals surface area (Å²) >= 11 is 0. The largest absolute Gasteiger partial charge is 0.424 e. The number of rotatable bonds is 2. The summed E-state index contributed by atoms with van der Waals surface area (Å²) in [5.41, 5.74) is 0.736. The topological polar surface area (TPSA) is 55.1 Å². The lowest BCUT2D eigenvalue weighted by molar-refractivity contribution is 0.160. The minimum absolute atomic E-state index is 0.591. The van der Waals surface area contributed by atoms with E-state index in [-0.39, 0.29) is 0 Å². The molecule has 0 amide bonds. The molecule has 0 spiro atoms. The molecule has 0 fully saturated rings. The molecule has 0 aromatic carbocycles. The molecule has 4 nitrogen and oxygen atoms in total. The van der Waals surface area contributed by atoms with Crippen molar-refractivity contribution in [3.63, 3.8) is 0 Å². The Bertz CT molecular complexity index is 330. The van der Waals surface area contributed by atoms with E-state index in [9.17, 15) is 4.79 Å². The fourth-order valence-corrected chi connectivity index (χ4v) is 1.01. The molecule has 0 radical (unpaired) electrons. The van der Waals surface area contributed by atoms with E-state index < -0.39 is 5.69 Å². The zero-order valence-electron chi connectivity index (χ0n) is 7.24. The monoisotopic (exact) mass is 168 g/mol. The molecular formula is C8H12N2O2. The fraction of sp³-hybridized carbons (Fsp3) is 0.500. The molecule has 1 rings (SSSR count). The Hall–Kier alpha value is -1.32. The summed E-state index contributed by atoms with van der Waals surface area (Å²) in [6.45, 7) is 3.80. The van der Waals surface area contributed by atoms with Crippen molar-refractivity contribution in [2.45, 2.75) is 26.7 Å². The maximum atomic E-state index is 11.0. The van der Waals surface area contributed by atoms with Crippen LogP contribution in [0.5, 0.6) is 0 Å². The molecule has 0 unspecified atom stereocenters. The standard InChI is InChI=1S/C8H12N2O2/c1-3-6-5-7(4-2)10(12)8(11)9-6/h5,12H,3-4H2,1-2H3. The molecule has 1 aromatic rings. The highest BCUT2D eigenvalue weighted by molar-refractivity contribution is 5.08. The second-order valence-electron chi connectivity index (χ2n) is 2.54. The molecule has 1 heterocycles. The summed E-state index contributed by atoms with van der Waals surface area (Å²) in [5, 5.41) is 9.16. The quantitative estimate of drug-likeness (QED) is 0.658. The first-order valence-corrected chi connectivity index (χ1v) is 4.00. The Morgan fingerprint density at radius 3 is 2.67 bits per heavy atom. The summed E-state index contributed by atoms with van der Waals surface area (Å²) < 4.78 is 0.596. The minimum Gasteiger partial charge on any atom is -0.424 e. The summed E-state index contributed by atoms with van der Waals surface area (Å²) in [6.07, 6.45) is 1.34. The fourth-order valence-electron chi connectivity index (χ4n) is 1.01. The van der Waals surface area contributed by atoms with Crippen LogP contribution in [0.25, 0.3) is 0 Å². The second kappa shape index (κ2) is 3.38. The third-order valence-electron chi connectivity index (χ3n) is 1.75. The van der Waals surface area contributed by atoms with Crippen molar-refractivity contribution in [1.82, 2.24) is 9.71 Å². The minimum atomic E-state index is -0.591. The SMILES string of the molecule is CCc1cc(CC)n(O)c(=O)n1. The van der Waals surface area contributed by atoms with Gasteiger partial charge in [-0.15, -0.1) is 4.73 Å². The molecule has 0 atom stereocenters. The maximum Gasteiger partial charge on any atom is 0.380 e. The van der Waals surface area contributed by atoms with Crippen LogP contribution in [-0.4, -0.2) is 14.9 Å². The average Bonchev–Trinajstić information content (AvgIpc) is 2.09. The Labute approximate surface area is 70.5 Å². The van der Waals surface area contributed by atoms with E-state index in [1.165, 1.54) is 0 Å². The van der Waals surface area contributed by atoms with Crippen molar-refractivity contribution in [1.29, 1.82) is 0 Å². The molecule has 0 aliphatic heterocycles. The van der Waals surface area contributed by atoms with Gasteiger partial charge in [-0.2, -0.15) is 4.98 Å². The van der Waals surface area contributed by atoms with Crippen molar-refractivity contribution < 1.29 is 5.21 Å². The summed E-state index contributed by atoms with van der Waals surface area (Å²) in [6, 6.07) is 1.74. The van der Waals surface area contributed by atoms with E-state index in [4.69, 9.17) is 5.21 Å². The predicted molar refractivity (Wildman–Crippen MR) is 44.4 cm³/mol. The molecule has 0 saturated carbocycles. The van der Waals surface area contributed by atoms with E-state index >= 15 is 0 Å². The van der Waals surface area contributed by atoms with Crippen LogP contribution in [-0.2, 0) is 12.8 Å². The van der Waals surface area contributed by atoms with Gasteiger partial charge in [-0.05, 0) is 18.9 Å². The maximum absolute atomic E-state index is 11.0. The predicted octanol–water partition coefficient (Wildman–Crippen LogP) is 0.605. The van der Waals surface area contributed by atoms with Crippen molar-refractivity contribution in [2.24, 2.45) is 0 Å². The first-order valence-electron chi connectivity index (χ1n) is 4.00. The number of hydrogen-bond acceptors (Lipinski definition) is 3. The van der Waals surface area contributed by atoms with Crippen LogP contribution in [0.1, 0.15) is 25.2 Å². The van der Waals surface area contributed by atoms with E-state index in [1.807, 2.05) is 13.8 Å². The highest BCUT2D eigenvalue weighted by Crippen LogP contribution is 1.99. The molecule has 1 N–H and O–H groups in total. The van der Waals surface area contributed by atoms with Crippen LogP contribution in [0.4, 0.5) is 0 Å². The number of aryl methyl sites for hydroxylation is 2. The molecule has 4 heteroatoms. The van der Waals surface area contributed by atoms with Gasteiger partial charge in [-0.25, -0.2) is 4.79 Å². The van der Waals surface area contributed by atoms with Crippen molar-refractivity contribution in [3.8, 4) is 0 Å². The number of hydrogen-bond donors (Lipinski definition) is 1. The average molecular weight is 168 g/mol. The lowest BCUT2D eigenvalue weighted by Gasteiger charge is -2.03. The molecule has 1 aromatic heterocycles. The van der Waals surface area contributed by atoms with Crippen LogP contribution in [0.2, 0.25) is 0 Å². The molecule has 0 saturated heterocycles. The van der Waals surface area contributed by atoms with Crippen LogP contribution < -0.4 is 5.69 Å². The summed E-state index contributed by atoms with van der Waals surface area (Å²) in [4.78, 5) is 14.6. The van der Waals surface area contributed by atoms with Crippen LogP contribution >= 0.6 is 0 Å². The Morgan fingerprint density at radius 1 is 1.50 bits per heavy atom. The highest BCUT2D eigenvalue weighted by Gasteiger charge is 2.03. The summed E-state index contributed by atoms with van der Waals surface area (Å²) in [5.74, 6) is 0. The van der Waals surface area contributed by atoms with Gasteiger partial charge >= 0.3 is 5.69 Å². The molecule has 0 aliphatic carbocycles. The molecule has 0 bridgehead atoms. The third-order valence-corrected chi connectivity index (χ3v) is 1.75. The van der Waals surface area contributed by atoms with Crippen molar-refractivity contribution >= 4 is 0 Å². The van der Waals surface area contributed by atoms with Crippen LogP contribution in [0.3, 0.4) is 0 Å². The summed E-state index contributed by atoms with van der Waals surface area (Å²) in [7, 11) is 0. The van der Waals surface area contributed by atoms with Gasteiger partial charge in [-0.3, -0.25) is 0 Å². The van der Waals surface area contributed by atoms with Crippen LogP contribution in [0.15, 0.2) is 10.9 Å². The van der Waals surface area contributed by atoms with E-state index in [1.54, 1.807) is 6.07 Å². The Kier molecular flexibility index (Phi) is 2.47. The van der Waals surface area contributed by atoms with Crippen molar-refractivity contribution in [2.75, 3.05) is 0 Å². The zero-order chi connectivity index (χ0) is 9.14. The lowest BCUT2D eigenvalue weighted by Crippen LogP contribution is -2.25. The van der Waals surface area contributed by atoms with Gasteiger partial charge in [0.1, 0.15) is 0 Å². The Morgan fingerprint density at radius 2 is 2.17 bits per heavy atom. The highest BCUT2D eigenvalue weighted by atomic mass is 16.5. The first-order chi connectivity index (χ1) is 5.69. The lowest BCUT2D eigenvalue weighted by atomic mass is 10.2. The Balaban J connectivity index is 3.29. The third kappa shape index (κ3) is 1.47. The number of nitrogens with zero attached hydrogens (tertiary/aromatic N) is 2. The van der Waals surface area contributed by atoms with E-state index in [0.717, 1.165) is 5.69 Å². The van der Waals surface area contributed by atoms with Gasteiger partial charge in [-0.1, -0.05) is 13.8 Å². The van der Waals surface area contributed by atoms with Gasteiger partial charge in [0.15, 0.2) is 0 Å². The number of aromatic nitrogens is 2. The molecule has 0 aliphatic rings. The van der Waals surface area contributed by atoms with Gasteiger partial charge in [0, 0.05) is 5.69 Å². The first kappa shape index (κ1) is 8.77. The van der Waals surface area contributed by atoms with Gasteiger partial charge in [0.25, 0.3) is 0 Å². The van der Waals surface area contributed by atoms with E-state index in [0.29, 0.717) is 23.3 Å². The van der Waals surface area contributed by atoms with Crippen LogP contribution in [0, 0.1) is 0 Å². The van der Waals surface area contributed by atoms with E-state index in [2.05, 4.69) is 4.98 Å². The molecule has 66 valence electrons. The van der Waals surface area contributed by atoms with Gasteiger partial charge in [0.2, 0.25) is 0 Å². The smallest absolute Gasteiger partial charge is 0.380 e. The second-order valence-corrected chi connectivity index (χ2v) is 2.54.